The number of rotatable bonds is 6. The summed E-state index contributed by atoms with van der Waals surface area (Å²) < 4.78 is 7.16. The molecule has 1 aliphatic heterocycles. The number of amides is 1. The quantitative estimate of drug-likeness (QED) is 0.545. The number of carbonyl (C=O) groups excluding carboxylic acids is 1. The lowest BCUT2D eigenvalue weighted by atomic mass is 9.91. The lowest BCUT2D eigenvalue weighted by molar-refractivity contribution is -0.119. The van der Waals surface area contributed by atoms with Gasteiger partial charge in [0.25, 0.3) is 0 Å². The van der Waals surface area contributed by atoms with Gasteiger partial charge in [-0.25, -0.2) is 4.68 Å². The number of methoxy groups -OCH3 is 1. The highest BCUT2D eigenvalue weighted by molar-refractivity contribution is 6.30. The number of halogens is 1. The summed E-state index contributed by atoms with van der Waals surface area (Å²) >= 11 is 6.12. The number of unbranched alkanes of at least 4 members (excludes halogenated alkanes) is 1. The lowest BCUT2D eigenvalue weighted by Crippen LogP contribution is -2.42. The van der Waals surface area contributed by atoms with Gasteiger partial charge in [-0.2, -0.15) is 10.1 Å². The van der Waals surface area contributed by atoms with Crippen molar-refractivity contribution in [3.8, 4) is 5.75 Å². The first-order valence-electron chi connectivity index (χ1n) is 10.2. The third-order valence-electron chi connectivity index (χ3n) is 5.59. The minimum atomic E-state index is -0.143. The van der Waals surface area contributed by atoms with Gasteiger partial charge < -0.3 is 4.74 Å². The zero-order chi connectivity index (χ0) is 21.1. The van der Waals surface area contributed by atoms with Gasteiger partial charge in [0.2, 0.25) is 11.9 Å². The van der Waals surface area contributed by atoms with Gasteiger partial charge in [-0.05, 0) is 48.2 Å². The second-order valence-corrected chi connectivity index (χ2v) is 7.90. The van der Waals surface area contributed by atoms with Gasteiger partial charge in [-0.1, -0.05) is 49.2 Å². The van der Waals surface area contributed by atoms with E-state index in [1.54, 1.807) is 7.11 Å². The van der Waals surface area contributed by atoms with Crippen molar-refractivity contribution in [2.45, 2.75) is 44.7 Å². The molecule has 1 amide bonds. The van der Waals surface area contributed by atoms with Crippen LogP contribution in [0, 0.1) is 0 Å². The maximum atomic E-state index is 13.2. The molecule has 6 nitrogen and oxygen atoms in total. The number of hydrogen-bond acceptors (Lipinski definition) is 4. The minimum Gasteiger partial charge on any atom is -0.497 e. The topological polar surface area (TPSA) is 60.2 Å². The number of anilines is 1. The van der Waals surface area contributed by atoms with Gasteiger partial charge in [-0.3, -0.25) is 9.69 Å². The molecule has 0 spiro atoms. The van der Waals surface area contributed by atoms with Crippen LogP contribution in [0.25, 0.3) is 0 Å². The van der Waals surface area contributed by atoms with Crippen LogP contribution in [0.15, 0.2) is 54.9 Å². The normalized spacial score (nSPS) is 18.2. The highest BCUT2D eigenvalue weighted by atomic mass is 35.5. The Bertz CT molecular complexity index is 1000. The van der Waals surface area contributed by atoms with E-state index in [1.165, 1.54) is 6.33 Å². The van der Waals surface area contributed by atoms with Crippen LogP contribution in [0.5, 0.6) is 5.75 Å². The summed E-state index contributed by atoms with van der Waals surface area (Å²) in [6.45, 7) is 2.09. The molecule has 0 N–H and O–H groups in total. The summed E-state index contributed by atoms with van der Waals surface area (Å²) in [5.41, 5.74) is 2.14. The van der Waals surface area contributed by atoms with Crippen LogP contribution in [-0.2, 0) is 4.79 Å². The maximum absolute atomic E-state index is 13.2. The molecule has 7 heteroatoms. The number of carbonyl (C=O) groups is 1. The van der Waals surface area contributed by atoms with Crippen molar-refractivity contribution in [1.82, 2.24) is 14.8 Å². The zero-order valence-electron chi connectivity index (χ0n) is 17.2. The molecule has 2 aromatic carbocycles. The Hall–Kier alpha value is -2.86. The Morgan fingerprint density at radius 2 is 1.77 bits per heavy atom. The van der Waals surface area contributed by atoms with Gasteiger partial charge in [0.05, 0.1) is 19.2 Å². The van der Waals surface area contributed by atoms with E-state index in [-0.39, 0.29) is 18.0 Å². The van der Waals surface area contributed by atoms with Crippen molar-refractivity contribution < 1.29 is 9.53 Å². The Labute approximate surface area is 181 Å². The molecule has 1 aromatic heterocycles. The number of ether oxygens (including phenoxy) is 1. The molecule has 156 valence electrons. The first-order chi connectivity index (χ1) is 14.6. The molecular formula is C23H25ClN4O2. The van der Waals surface area contributed by atoms with E-state index in [0.717, 1.165) is 29.7 Å². The van der Waals surface area contributed by atoms with Crippen molar-refractivity contribution in [2.75, 3.05) is 12.0 Å². The van der Waals surface area contributed by atoms with Crippen LogP contribution in [0.3, 0.4) is 0 Å². The van der Waals surface area contributed by atoms with Crippen molar-refractivity contribution in [1.29, 1.82) is 0 Å². The van der Waals surface area contributed by atoms with Crippen LogP contribution < -0.4 is 9.64 Å². The summed E-state index contributed by atoms with van der Waals surface area (Å²) in [5.74, 6) is 1.46. The average Bonchev–Trinajstić information content (AvgIpc) is 3.26. The van der Waals surface area contributed by atoms with E-state index in [1.807, 2.05) is 58.1 Å². The number of benzene rings is 2. The molecule has 2 unspecified atom stereocenters. The second kappa shape index (κ2) is 8.88. The molecule has 2 atom stereocenters. The van der Waals surface area contributed by atoms with Crippen LogP contribution in [0.2, 0.25) is 5.02 Å². The third kappa shape index (κ3) is 3.92. The third-order valence-corrected chi connectivity index (χ3v) is 5.84. The van der Waals surface area contributed by atoms with Crippen molar-refractivity contribution in [3.63, 3.8) is 0 Å². The first-order valence-corrected chi connectivity index (χ1v) is 10.6. The molecule has 0 fully saturated rings. The SMILES string of the molecule is CCCCC(=O)N1c2ncnn2C(c2ccc(OC)cc2)CC1c1ccc(Cl)cc1. The van der Waals surface area contributed by atoms with E-state index in [9.17, 15) is 4.79 Å². The Morgan fingerprint density at radius 1 is 1.10 bits per heavy atom. The number of fused-ring (bicyclic) bond motifs is 1. The van der Waals surface area contributed by atoms with Gasteiger partial charge >= 0.3 is 0 Å². The minimum absolute atomic E-state index is 0.0377. The molecule has 0 saturated heterocycles. The molecule has 0 saturated carbocycles. The Balaban J connectivity index is 1.77. The molecule has 30 heavy (non-hydrogen) atoms. The first kappa shape index (κ1) is 20.4. The van der Waals surface area contributed by atoms with Gasteiger partial charge in [0.15, 0.2) is 0 Å². The zero-order valence-corrected chi connectivity index (χ0v) is 17.9. The predicted octanol–water partition coefficient (Wildman–Crippen LogP) is 5.20. The van der Waals surface area contributed by atoms with Crippen LogP contribution in [0.1, 0.15) is 55.8 Å². The fraction of sp³-hybridized carbons (Fsp3) is 0.348. The average molecular weight is 425 g/mol. The summed E-state index contributed by atoms with van der Waals surface area (Å²) in [4.78, 5) is 19.5. The fourth-order valence-electron chi connectivity index (χ4n) is 4.00. The number of aromatic nitrogens is 3. The molecule has 0 radical (unpaired) electrons. The monoisotopic (exact) mass is 424 g/mol. The number of nitrogens with zero attached hydrogens (tertiary/aromatic N) is 4. The summed E-state index contributed by atoms with van der Waals surface area (Å²) in [6, 6.07) is 15.5. The highest BCUT2D eigenvalue weighted by Crippen LogP contribution is 2.42. The molecule has 0 bridgehead atoms. The van der Waals surface area contributed by atoms with E-state index in [4.69, 9.17) is 16.3 Å². The molecular weight excluding hydrogens is 400 g/mol. The van der Waals surface area contributed by atoms with E-state index >= 15 is 0 Å². The fourth-order valence-corrected chi connectivity index (χ4v) is 4.13. The molecule has 1 aliphatic rings. The predicted molar refractivity (Wildman–Crippen MR) is 117 cm³/mol. The van der Waals surface area contributed by atoms with E-state index in [2.05, 4.69) is 17.0 Å². The Morgan fingerprint density at radius 3 is 2.43 bits per heavy atom. The van der Waals surface area contributed by atoms with Gasteiger partial charge in [0, 0.05) is 11.4 Å². The molecule has 3 aromatic rings. The summed E-state index contributed by atoms with van der Waals surface area (Å²) in [5, 5.41) is 5.15. The molecule has 2 heterocycles. The van der Waals surface area contributed by atoms with Crippen LogP contribution in [-0.4, -0.2) is 27.8 Å². The highest BCUT2D eigenvalue weighted by Gasteiger charge is 2.39. The summed E-state index contributed by atoms with van der Waals surface area (Å²) in [7, 11) is 1.65. The largest absolute Gasteiger partial charge is 0.497 e. The molecule has 0 aliphatic carbocycles. The molecule has 4 rings (SSSR count). The lowest BCUT2D eigenvalue weighted by Gasteiger charge is -2.39. The summed E-state index contributed by atoms with van der Waals surface area (Å²) in [6.07, 6.45) is 4.52. The second-order valence-electron chi connectivity index (χ2n) is 7.46. The Kier molecular flexibility index (Phi) is 6.04. The van der Waals surface area contributed by atoms with Crippen LogP contribution in [0.4, 0.5) is 5.95 Å². The van der Waals surface area contributed by atoms with Gasteiger partial charge in [0.1, 0.15) is 12.1 Å². The van der Waals surface area contributed by atoms with Crippen molar-refractivity contribution in [3.05, 3.63) is 71.0 Å². The van der Waals surface area contributed by atoms with Gasteiger partial charge in [-0.15, -0.1) is 0 Å². The maximum Gasteiger partial charge on any atom is 0.231 e. The number of hydrogen-bond donors (Lipinski definition) is 0. The standard InChI is InChI=1S/C23H25ClN4O2/c1-3-4-5-22(29)27-20(16-6-10-18(24)11-7-16)14-21(28-23(27)25-15-26-28)17-8-12-19(30-2)13-9-17/h6-13,15,20-21H,3-5,14H2,1-2H3. The van der Waals surface area contributed by atoms with E-state index in [0.29, 0.717) is 23.8 Å². The van der Waals surface area contributed by atoms with Crippen molar-refractivity contribution >= 4 is 23.5 Å². The smallest absolute Gasteiger partial charge is 0.231 e. The van der Waals surface area contributed by atoms with Crippen LogP contribution >= 0.6 is 11.6 Å². The van der Waals surface area contributed by atoms with E-state index < -0.39 is 0 Å². The van der Waals surface area contributed by atoms with Crippen molar-refractivity contribution in [2.24, 2.45) is 0 Å².